The lowest BCUT2D eigenvalue weighted by Gasteiger charge is -2.28. The average Bonchev–Trinajstić information content (AvgIpc) is 2.31. The van der Waals surface area contributed by atoms with Gasteiger partial charge in [-0.2, -0.15) is 0 Å². The van der Waals surface area contributed by atoms with E-state index in [1.165, 1.54) is 0 Å². The molecule has 0 saturated heterocycles. The molecule has 0 bridgehead atoms. The predicted octanol–water partition coefficient (Wildman–Crippen LogP) is 3.14. The van der Waals surface area contributed by atoms with Crippen LogP contribution in [0.4, 0.5) is 5.69 Å². The van der Waals surface area contributed by atoms with Crippen LogP contribution in [0, 0.1) is 5.92 Å². The van der Waals surface area contributed by atoms with Gasteiger partial charge in [0.25, 0.3) is 0 Å². The maximum absolute atomic E-state index is 5.86. The molecule has 0 aliphatic rings. The second-order valence-electron chi connectivity index (χ2n) is 5.20. The van der Waals surface area contributed by atoms with Crippen LogP contribution in [0.3, 0.4) is 0 Å². The second-order valence-corrected chi connectivity index (χ2v) is 5.20. The molecule has 0 aliphatic carbocycles. The number of anilines is 1. The summed E-state index contributed by atoms with van der Waals surface area (Å²) in [7, 11) is 2.14. The van der Waals surface area contributed by atoms with Gasteiger partial charge in [0.1, 0.15) is 5.75 Å². The monoisotopic (exact) mass is 250 g/mol. The van der Waals surface area contributed by atoms with Gasteiger partial charge in [0.15, 0.2) is 0 Å². The third-order valence-electron chi connectivity index (χ3n) is 3.46. The normalized spacial score (nSPS) is 13.1. The molecule has 18 heavy (non-hydrogen) atoms. The summed E-state index contributed by atoms with van der Waals surface area (Å²) in [5.41, 5.74) is 7.81. The zero-order valence-electron chi connectivity index (χ0n) is 12.2. The molecule has 1 aromatic carbocycles. The molecule has 0 aliphatic heterocycles. The summed E-state index contributed by atoms with van der Waals surface area (Å²) < 4.78 is 5.65. The Morgan fingerprint density at radius 1 is 1.28 bits per heavy atom. The molecule has 0 radical (unpaired) electrons. The number of nitrogen functional groups attached to an aromatic ring is 1. The van der Waals surface area contributed by atoms with Crippen molar-refractivity contribution < 1.29 is 4.74 Å². The summed E-state index contributed by atoms with van der Waals surface area (Å²) in [5, 5.41) is 0. The van der Waals surface area contributed by atoms with Crippen molar-refractivity contribution in [3.8, 4) is 5.75 Å². The predicted molar refractivity (Wildman–Crippen MR) is 77.8 cm³/mol. The van der Waals surface area contributed by atoms with E-state index in [1.54, 1.807) is 0 Å². The van der Waals surface area contributed by atoms with Gasteiger partial charge in [-0.15, -0.1) is 0 Å². The molecular weight excluding hydrogens is 224 g/mol. The van der Waals surface area contributed by atoms with Gasteiger partial charge in [0.05, 0.1) is 6.61 Å². The Morgan fingerprint density at radius 2 is 1.94 bits per heavy atom. The van der Waals surface area contributed by atoms with Gasteiger partial charge in [-0.05, 0) is 45.0 Å². The highest BCUT2D eigenvalue weighted by molar-refractivity contribution is 5.47. The lowest BCUT2D eigenvalue weighted by atomic mass is 10.0. The van der Waals surface area contributed by atoms with E-state index in [-0.39, 0.29) is 0 Å². The van der Waals surface area contributed by atoms with Crippen LogP contribution in [-0.2, 0) is 6.54 Å². The highest BCUT2D eigenvalue weighted by Gasteiger charge is 2.15. The molecule has 3 heteroatoms. The maximum Gasteiger partial charge on any atom is 0.123 e. The Morgan fingerprint density at radius 3 is 2.50 bits per heavy atom. The quantitative estimate of drug-likeness (QED) is 0.788. The van der Waals surface area contributed by atoms with Crippen LogP contribution in [0.1, 0.15) is 33.3 Å². The first kappa shape index (κ1) is 14.8. The first-order valence-electron chi connectivity index (χ1n) is 6.67. The largest absolute Gasteiger partial charge is 0.494 e. The van der Waals surface area contributed by atoms with Gasteiger partial charge in [-0.1, -0.05) is 13.8 Å². The van der Waals surface area contributed by atoms with Crippen LogP contribution in [0.5, 0.6) is 5.75 Å². The zero-order chi connectivity index (χ0) is 13.7. The zero-order valence-corrected chi connectivity index (χ0v) is 12.2. The Kier molecular flexibility index (Phi) is 5.48. The van der Waals surface area contributed by atoms with Crippen LogP contribution in [0.25, 0.3) is 0 Å². The first-order chi connectivity index (χ1) is 8.45. The number of ether oxygens (including phenoxy) is 1. The first-order valence-corrected chi connectivity index (χ1v) is 6.67. The second kappa shape index (κ2) is 6.64. The van der Waals surface area contributed by atoms with E-state index >= 15 is 0 Å². The molecule has 2 N–H and O–H groups in total. The SMILES string of the molecule is CCOc1ccc(N)cc1CN(C)C(C)C(C)C. The number of rotatable bonds is 6. The molecule has 0 aromatic heterocycles. The molecule has 102 valence electrons. The summed E-state index contributed by atoms with van der Waals surface area (Å²) in [4.78, 5) is 2.34. The molecular formula is C15H26N2O. The Bertz CT molecular complexity index is 377. The van der Waals surface area contributed by atoms with Crippen molar-refractivity contribution in [2.45, 2.75) is 40.3 Å². The van der Waals surface area contributed by atoms with E-state index < -0.39 is 0 Å². The smallest absolute Gasteiger partial charge is 0.123 e. The van der Waals surface area contributed by atoms with Gasteiger partial charge < -0.3 is 10.5 Å². The van der Waals surface area contributed by atoms with Crippen LogP contribution in [0.2, 0.25) is 0 Å². The fourth-order valence-corrected chi connectivity index (χ4v) is 1.94. The number of hydrogen-bond donors (Lipinski definition) is 1. The van der Waals surface area contributed by atoms with Crippen molar-refractivity contribution in [2.75, 3.05) is 19.4 Å². The van der Waals surface area contributed by atoms with Crippen LogP contribution < -0.4 is 10.5 Å². The molecule has 0 spiro atoms. The number of nitrogens with two attached hydrogens (primary N) is 1. The van der Waals surface area contributed by atoms with Crippen molar-refractivity contribution in [3.05, 3.63) is 23.8 Å². The molecule has 1 unspecified atom stereocenters. The van der Waals surface area contributed by atoms with Crippen molar-refractivity contribution in [2.24, 2.45) is 5.92 Å². The number of nitrogens with zero attached hydrogens (tertiary/aromatic N) is 1. The Hall–Kier alpha value is -1.22. The van der Waals surface area contributed by atoms with E-state index in [9.17, 15) is 0 Å². The highest BCUT2D eigenvalue weighted by Crippen LogP contribution is 2.24. The molecule has 0 heterocycles. The van der Waals surface area contributed by atoms with Gasteiger partial charge in [0, 0.05) is 23.8 Å². The van der Waals surface area contributed by atoms with Gasteiger partial charge in [-0.3, -0.25) is 4.90 Å². The molecule has 0 amide bonds. The maximum atomic E-state index is 5.86. The average molecular weight is 250 g/mol. The van der Waals surface area contributed by atoms with E-state index in [4.69, 9.17) is 10.5 Å². The third kappa shape index (κ3) is 3.91. The fraction of sp³-hybridized carbons (Fsp3) is 0.600. The number of benzene rings is 1. The summed E-state index contributed by atoms with van der Waals surface area (Å²) in [5.74, 6) is 1.57. The fourth-order valence-electron chi connectivity index (χ4n) is 1.94. The van der Waals surface area contributed by atoms with E-state index in [0.29, 0.717) is 18.6 Å². The summed E-state index contributed by atoms with van der Waals surface area (Å²) in [6.07, 6.45) is 0. The molecule has 1 rings (SSSR count). The van der Waals surface area contributed by atoms with Crippen LogP contribution >= 0.6 is 0 Å². The van der Waals surface area contributed by atoms with Gasteiger partial charge in [0.2, 0.25) is 0 Å². The molecule has 1 atom stereocenters. The minimum atomic E-state index is 0.529. The summed E-state index contributed by atoms with van der Waals surface area (Å²) in [6, 6.07) is 6.39. The topological polar surface area (TPSA) is 38.5 Å². The van der Waals surface area contributed by atoms with Crippen molar-refractivity contribution in [3.63, 3.8) is 0 Å². The highest BCUT2D eigenvalue weighted by atomic mass is 16.5. The Labute approximate surface area is 111 Å². The lowest BCUT2D eigenvalue weighted by Crippen LogP contribution is -2.32. The van der Waals surface area contributed by atoms with E-state index in [2.05, 4.69) is 32.7 Å². The standard InChI is InChI=1S/C15H26N2O/c1-6-18-15-8-7-14(16)9-13(15)10-17(5)12(4)11(2)3/h7-9,11-12H,6,10,16H2,1-5H3. The Balaban J connectivity index is 2.84. The lowest BCUT2D eigenvalue weighted by molar-refractivity contribution is 0.197. The minimum absolute atomic E-state index is 0.529. The van der Waals surface area contributed by atoms with Crippen molar-refractivity contribution >= 4 is 5.69 Å². The van der Waals surface area contributed by atoms with Crippen molar-refractivity contribution in [1.29, 1.82) is 0 Å². The molecule has 0 saturated carbocycles. The minimum Gasteiger partial charge on any atom is -0.494 e. The van der Waals surface area contributed by atoms with E-state index in [0.717, 1.165) is 23.5 Å². The summed E-state index contributed by atoms with van der Waals surface area (Å²) >= 11 is 0. The summed E-state index contributed by atoms with van der Waals surface area (Å²) in [6.45, 7) is 10.3. The molecule has 0 fully saturated rings. The van der Waals surface area contributed by atoms with Crippen molar-refractivity contribution in [1.82, 2.24) is 4.90 Å². The van der Waals surface area contributed by atoms with Gasteiger partial charge in [-0.25, -0.2) is 0 Å². The third-order valence-corrected chi connectivity index (χ3v) is 3.46. The van der Waals surface area contributed by atoms with Crippen LogP contribution in [-0.4, -0.2) is 24.6 Å². The van der Waals surface area contributed by atoms with Gasteiger partial charge >= 0.3 is 0 Å². The van der Waals surface area contributed by atoms with E-state index in [1.807, 2.05) is 25.1 Å². The number of hydrogen-bond acceptors (Lipinski definition) is 3. The van der Waals surface area contributed by atoms with Crippen LogP contribution in [0.15, 0.2) is 18.2 Å². The molecule has 1 aromatic rings. The molecule has 3 nitrogen and oxygen atoms in total.